The molecule has 0 fully saturated rings. The second-order valence-electron chi connectivity index (χ2n) is 6.49. The Hall–Kier alpha value is -1.77. The number of hydrogen-bond donors (Lipinski definition) is 0. The summed E-state index contributed by atoms with van der Waals surface area (Å²) in [5.74, 6) is 0.346. The molecule has 1 aliphatic carbocycles. The van der Waals surface area contributed by atoms with Crippen molar-refractivity contribution in [3.63, 3.8) is 0 Å². The zero-order valence-corrected chi connectivity index (χ0v) is 13.6. The Morgan fingerprint density at radius 2 is 2.00 bits per heavy atom. The maximum absolute atomic E-state index is 10.8. The molecule has 1 aliphatic rings. The first kappa shape index (κ1) is 17.3. The fraction of sp³-hybridized carbons (Fsp3) is 0.500. The summed E-state index contributed by atoms with van der Waals surface area (Å²) in [6.07, 6.45) is 12.2. The lowest BCUT2D eigenvalue weighted by atomic mass is 9.67. The molecule has 0 radical (unpaired) electrons. The van der Waals surface area contributed by atoms with E-state index in [1.54, 1.807) is 12.2 Å². The van der Waals surface area contributed by atoms with E-state index < -0.39 is 0 Å². The maximum atomic E-state index is 10.8. The van der Waals surface area contributed by atoms with Crippen LogP contribution in [-0.4, -0.2) is 11.8 Å². The molecule has 0 aromatic rings. The number of rotatable bonds is 5. The van der Waals surface area contributed by atoms with Crippen molar-refractivity contribution in [2.45, 2.75) is 47.1 Å². The minimum atomic E-state index is -0.209. The zero-order valence-electron chi connectivity index (χ0n) is 13.6. The molecule has 0 aromatic heterocycles. The Morgan fingerprint density at radius 1 is 1.33 bits per heavy atom. The van der Waals surface area contributed by atoms with Crippen LogP contribution in [0.2, 0.25) is 0 Å². The number of carbonyl (C=O) groups excluding carboxylic acids is 1. The molecule has 21 heavy (non-hydrogen) atoms. The van der Waals surface area contributed by atoms with Crippen molar-refractivity contribution in [2.24, 2.45) is 16.5 Å². The van der Waals surface area contributed by atoms with Gasteiger partial charge in [0.05, 0.1) is 0 Å². The van der Waals surface area contributed by atoms with Crippen LogP contribution in [0.25, 0.3) is 0 Å². The molecule has 0 bridgehead atoms. The Kier molecular flexibility index (Phi) is 6.01. The number of ketones is 1. The summed E-state index contributed by atoms with van der Waals surface area (Å²) in [7, 11) is 0. The summed E-state index contributed by atoms with van der Waals surface area (Å²) < 4.78 is 0. The van der Waals surface area contributed by atoms with Crippen LogP contribution in [0.5, 0.6) is 0 Å². The molecule has 0 amide bonds. The van der Waals surface area contributed by atoms with Crippen molar-refractivity contribution < 1.29 is 4.79 Å². The SMILES string of the molecule is CC(=O)/C=C/C=C(C)/C=C/[C@H]1C(C)=C[C@H](N=O)CC1(C)C. The fourth-order valence-electron chi connectivity index (χ4n) is 2.87. The van der Waals surface area contributed by atoms with Gasteiger partial charge in [0.2, 0.25) is 0 Å². The van der Waals surface area contributed by atoms with Gasteiger partial charge >= 0.3 is 0 Å². The van der Waals surface area contributed by atoms with E-state index in [-0.39, 0.29) is 17.2 Å². The molecule has 114 valence electrons. The highest BCUT2D eigenvalue weighted by Crippen LogP contribution is 2.42. The normalized spacial score (nSPS) is 26.1. The molecule has 3 nitrogen and oxygen atoms in total. The summed E-state index contributed by atoms with van der Waals surface area (Å²) in [5, 5.41) is 3.18. The molecular formula is C18H25NO2. The molecule has 1 rings (SSSR count). The van der Waals surface area contributed by atoms with Crippen LogP contribution in [0.3, 0.4) is 0 Å². The Balaban J connectivity index is 2.87. The Morgan fingerprint density at radius 3 is 2.52 bits per heavy atom. The molecular weight excluding hydrogens is 262 g/mol. The average molecular weight is 287 g/mol. The van der Waals surface area contributed by atoms with E-state index >= 15 is 0 Å². The van der Waals surface area contributed by atoms with Crippen LogP contribution >= 0.6 is 0 Å². The van der Waals surface area contributed by atoms with Crippen LogP contribution in [0.15, 0.2) is 52.8 Å². The lowest BCUT2D eigenvalue weighted by Gasteiger charge is -2.38. The number of hydrogen-bond acceptors (Lipinski definition) is 3. The van der Waals surface area contributed by atoms with Crippen molar-refractivity contribution in [1.29, 1.82) is 0 Å². The second kappa shape index (κ2) is 7.30. The smallest absolute Gasteiger partial charge is 0.152 e. The molecule has 0 saturated carbocycles. The summed E-state index contributed by atoms with van der Waals surface area (Å²) in [4.78, 5) is 21.6. The maximum Gasteiger partial charge on any atom is 0.152 e. The highest BCUT2D eigenvalue weighted by molar-refractivity contribution is 5.87. The van der Waals surface area contributed by atoms with Gasteiger partial charge in [-0.3, -0.25) is 4.79 Å². The fourth-order valence-corrected chi connectivity index (χ4v) is 2.87. The number of allylic oxidation sites excluding steroid dienone is 7. The van der Waals surface area contributed by atoms with Gasteiger partial charge in [0, 0.05) is 5.92 Å². The van der Waals surface area contributed by atoms with Crippen molar-refractivity contribution >= 4 is 5.78 Å². The quantitative estimate of drug-likeness (QED) is 0.317. The van der Waals surface area contributed by atoms with E-state index in [9.17, 15) is 9.70 Å². The topological polar surface area (TPSA) is 46.5 Å². The molecule has 0 aliphatic heterocycles. The highest BCUT2D eigenvalue weighted by atomic mass is 16.3. The standard InChI is InChI=1S/C18H25NO2/c1-13(7-6-8-15(3)20)9-10-17-14(2)11-16(19-21)12-18(17,4)5/h6-11,16-17H,12H2,1-5H3/b8-6+,10-9+,13-7+/t16-,17-/m0/s1. The molecule has 0 saturated heterocycles. The third-order valence-electron chi connectivity index (χ3n) is 3.90. The van der Waals surface area contributed by atoms with E-state index in [0.29, 0.717) is 5.92 Å². The minimum absolute atomic E-state index is 0.0173. The summed E-state index contributed by atoms with van der Waals surface area (Å²) in [6, 6.07) is -0.209. The van der Waals surface area contributed by atoms with Crippen molar-refractivity contribution in [3.05, 3.63) is 52.5 Å². The Labute approximate surface area is 127 Å². The van der Waals surface area contributed by atoms with Crippen LogP contribution in [0, 0.1) is 16.2 Å². The van der Waals surface area contributed by atoms with Crippen molar-refractivity contribution in [1.82, 2.24) is 0 Å². The highest BCUT2D eigenvalue weighted by Gasteiger charge is 2.35. The lowest BCUT2D eigenvalue weighted by molar-refractivity contribution is -0.112. The lowest BCUT2D eigenvalue weighted by Crippen LogP contribution is -2.31. The van der Waals surface area contributed by atoms with Crippen LogP contribution in [0.1, 0.15) is 41.0 Å². The largest absolute Gasteiger partial charge is 0.295 e. The molecule has 0 aromatic carbocycles. The molecule has 0 spiro atoms. The van der Waals surface area contributed by atoms with Gasteiger partial charge in [0.15, 0.2) is 5.78 Å². The molecule has 0 heterocycles. The van der Waals surface area contributed by atoms with Crippen LogP contribution in [-0.2, 0) is 4.79 Å². The molecule has 0 unspecified atom stereocenters. The van der Waals surface area contributed by atoms with Gasteiger partial charge < -0.3 is 0 Å². The van der Waals surface area contributed by atoms with E-state index in [1.807, 2.05) is 19.1 Å². The van der Waals surface area contributed by atoms with Crippen LogP contribution < -0.4 is 0 Å². The van der Waals surface area contributed by atoms with Gasteiger partial charge in [-0.2, -0.15) is 4.91 Å². The van der Waals surface area contributed by atoms with Gasteiger partial charge in [-0.1, -0.05) is 60.6 Å². The number of nitroso groups, excluding NO2 is 1. The van der Waals surface area contributed by atoms with E-state index in [0.717, 1.165) is 12.0 Å². The van der Waals surface area contributed by atoms with Crippen molar-refractivity contribution in [3.8, 4) is 0 Å². The number of carbonyl (C=O) groups is 1. The Bertz CT molecular complexity index is 521. The summed E-state index contributed by atoms with van der Waals surface area (Å²) >= 11 is 0. The average Bonchev–Trinajstić information content (AvgIpc) is 2.36. The predicted octanol–water partition coefficient (Wildman–Crippen LogP) is 4.76. The van der Waals surface area contributed by atoms with Crippen molar-refractivity contribution in [2.75, 3.05) is 0 Å². The molecule has 0 N–H and O–H groups in total. The van der Waals surface area contributed by atoms with E-state index in [2.05, 4.69) is 38.1 Å². The zero-order chi connectivity index (χ0) is 16.0. The first-order valence-electron chi connectivity index (χ1n) is 7.31. The third-order valence-corrected chi connectivity index (χ3v) is 3.90. The molecule has 3 heteroatoms. The first-order valence-corrected chi connectivity index (χ1v) is 7.31. The third kappa shape index (κ3) is 5.25. The predicted molar refractivity (Wildman–Crippen MR) is 87.9 cm³/mol. The number of nitrogens with zero attached hydrogens (tertiary/aromatic N) is 1. The monoisotopic (exact) mass is 287 g/mol. The van der Waals surface area contributed by atoms with Gasteiger partial charge in [0.25, 0.3) is 0 Å². The first-order chi connectivity index (χ1) is 9.76. The summed E-state index contributed by atoms with van der Waals surface area (Å²) in [5.41, 5.74) is 2.30. The minimum Gasteiger partial charge on any atom is -0.295 e. The van der Waals surface area contributed by atoms with Gasteiger partial charge in [0.1, 0.15) is 6.04 Å². The van der Waals surface area contributed by atoms with Gasteiger partial charge in [-0.15, -0.1) is 0 Å². The van der Waals surface area contributed by atoms with E-state index in [4.69, 9.17) is 0 Å². The van der Waals surface area contributed by atoms with Gasteiger partial charge in [-0.05, 0) is 38.7 Å². The van der Waals surface area contributed by atoms with E-state index in [1.165, 1.54) is 12.5 Å². The van der Waals surface area contributed by atoms with Gasteiger partial charge in [-0.25, -0.2) is 0 Å². The second-order valence-corrected chi connectivity index (χ2v) is 6.49. The summed E-state index contributed by atoms with van der Waals surface area (Å²) in [6.45, 7) is 9.94. The van der Waals surface area contributed by atoms with Crippen LogP contribution in [0.4, 0.5) is 0 Å². The molecule has 2 atom stereocenters.